The minimum absolute atomic E-state index is 0.0903. The Bertz CT molecular complexity index is 668. The average Bonchev–Trinajstić information content (AvgIpc) is 2.61. The molecule has 0 aliphatic rings. The normalized spacial score (nSPS) is 10.4. The Morgan fingerprint density at radius 3 is 2.32 bits per heavy atom. The summed E-state index contributed by atoms with van der Waals surface area (Å²) in [6.45, 7) is 4.92. The van der Waals surface area contributed by atoms with Gasteiger partial charge in [-0.3, -0.25) is 4.79 Å². The predicted molar refractivity (Wildman–Crippen MR) is 98.5 cm³/mol. The van der Waals surface area contributed by atoms with Crippen LogP contribution in [-0.4, -0.2) is 26.2 Å². The van der Waals surface area contributed by atoms with Gasteiger partial charge in [-0.1, -0.05) is 26.0 Å². The second-order valence-electron chi connectivity index (χ2n) is 6.04. The molecule has 2 rings (SSSR count). The molecule has 0 spiro atoms. The highest BCUT2D eigenvalue weighted by atomic mass is 16.5. The monoisotopic (exact) mass is 343 g/mol. The number of ether oxygens (including phenoxy) is 3. The molecule has 0 atom stereocenters. The van der Waals surface area contributed by atoms with Crippen molar-refractivity contribution in [3.05, 3.63) is 48.5 Å². The lowest BCUT2D eigenvalue weighted by molar-refractivity contribution is -0.118. The van der Waals surface area contributed by atoms with Crippen LogP contribution in [0.15, 0.2) is 48.5 Å². The number of carbonyl (C=O) groups is 1. The predicted octanol–water partition coefficient (Wildman–Crippen LogP) is 4.14. The highest BCUT2D eigenvalue weighted by molar-refractivity contribution is 5.91. The van der Waals surface area contributed by atoms with Gasteiger partial charge in [-0.2, -0.15) is 0 Å². The van der Waals surface area contributed by atoms with E-state index in [0.717, 1.165) is 12.2 Å². The van der Waals surface area contributed by atoms with Gasteiger partial charge in [0.05, 0.1) is 13.7 Å². The van der Waals surface area contributed by atoms with E-state index in [1.165, 1.54) is 0 Å². The molecular weight excluding hydrogens is 318 g/mol. The molecule has 0 unspecified atom stereocenters. The summed E-state index contributed by atoms with van der Waals surface area (Å²) in [7, 11) is 1.56. The highest BCUT2D eigenvalue weighted by Gasteiger charge is 2.07. The van der Waals surface area contributed by atoms with Gasteiger partial charge in [-0.05, 0) is 48.7 Å². The van der Waals surface area contributed by atoms with E-state index in [4.69, 9.17) is 14.2 Å². The molecule has 2 aromatic carbocycles. The first-order chi connectivity index (χ1) is 12.1. The topological polar surface area (TPSA) is 56.8 Å². The molecule has 0 radical (unpaired) electrons. The minimum Gasteiger partial charge on any atom is -0.494 e. The summed E-state index contributed by atoms with van der Waals surface area (Å²) < 4.78 is 16.3. The Kier molecular flexibility index (Phi) is 7.14. The van der Waals surface area contributed by atoms with Crippen molar-refractivity contribution in [3.8, 4) is 17.2 Å². The van der Waals surface area contributed by atoms with Crippen LogP contribution in [0.3, 0.4) is 0 Å². The number of benzene rings is 2. The Balaban J connectivity index is 1.80. The van der Waals surface area contributed by atoms with Crippen LogP contribution < -0.4 is 19.5 Å². The third-order valence-electron chi connectivity index (χ3n) is 3.53. The van der Waals surface area contributed by atoms with Crippen molar-refractivity contribution in [2.45, 2.75) is 20.3 Å². The van der Waals surface area contributed by atoms with Gasteiger partial charge in [0.15, 0.2) is 18.1 Å². The molecule has 0 fully saturated rings. The third kappa shape index (κ3) is 6.37. The lowest BCUT2D eigenvalue weighted by Crippen LogP contribution is -2.20. The van der Waals surface area contributed by atoms with Crippen molar-refractivity contribution in [1.82, 2.24) is 0 Å². The molecule has 134 valence electrons. The summed E-state index contributed by atoms with van der Waals surface area (Å²) >= 11 is 0. The Labute approximate surface area is 148 Å². The number of hydrogen-bond acceptors (Lipinski definition) is 4. The summed E-state index contributed by atoms with van der Waals surface area (Å²) in [6.07, 6.45) is 1.01. The van der Waals surface area contributed by atoms with Crippen LogP contribution in [-0.2, 0) is 4.79 Å². The SMILES string of the molecule is COc1ccccc1OCC(=O)Nc1ccc(OCCC(C)C)cc1. The van der Waals surface area contributed by atoms with Gasteiger partial charge >= 0.3 is 0 Å². The third-order valence-corrected chi connectivity index (χ3v) is 3.53. The Morgan fingerprint density at radius 2 is 1.68 bits per heavy atom. The van der Waals surface area contributed by atoms with Crippen molar-refractivity contribution in [2.75, 3.05) is 25.6 Å². The number of anilines is 1. The van der Waals surface area contributed by atoms with Gasteiger partial charge in [0.25, 0.3) is 5.91 Å². The fraction of sp³-hybridized carbons (Fsp3) is 0.350. The maximum absolute atomic E-state index is 12.0. The van der Waals surface area contributed by atoms with Crippen molar-refractivity contribution in [3.63, 3.8) is 0 Å². The van der Waals surface area contributed by atoms with Crippen LogP contribution in [0.4, 0.5) is 5.69 Å². The van der Waals surface area contributed by atoms with E-state index < -0.39 is 0 Å². The summed E-state index contributed by atoms with van der Waals surface area (Å²) in [5.74, 6) is 2.30. The largest absolute Gasteiger partial charge is 0.494 e. The zero-order chi connectivity index (χ0) is 18.1. The van der Waals surface area contributed by atoms with Gasteiger partial charge in [-0.25, -0.2) is 0 Å². The van der Waals surface area contributed by atoms with E-state index in [9.17, 15) is 4.79 Å². The van der Waals surface area contributed by atoms with Crippen molar-refractivity contribution >= 4 is 11.6 Å². The maximum atomic E-state index is 12.0. The Hall–Kier alpha value is -2.69. The number of amides is 1. The smallest absolute Gasteiger partial charge is 0.262 e. The molecule has 0 aliphatic heterocycles. The molecule has 5 nitrogen and oxygen atoms in total. The zero-order valence-corrected chi connectivity index (χ0v) is 15.0. The van der Waals surface area contributed by atoms with Gasteiger partial charge in [0, 0.05) is 5.69 Å². The maximum Gasteiger partial charge on any atom is 0.262 e. The number of carbonyl (C=O) groups excluding carboxylic acids is 1. The van der Waals surface area contributed by atoms with Crippen LogP contribution >= 0.6 is 0 Å². The molecule has 1 amide bonds. The van der Waals surface area contributed by atoms with E-state index in [-0.39, 0.29) is 12.5 Å². The van der Waals surface area contributed by atoms with E-state index in [2.05, 4.69) is 19.2 Å². The lowest BCUT2D eigenvalue weighted by Gasteiger charge is -2.11. The van der Waals surface area contributed by atoms with Crippen molar-refractivity contribution in [2.24, 2.45) is 5.92 Å². The number of nitrogens with one attached hydrogen (secondary N) is 1. The van der Waals surface area contributed by atoms with Gasteiger partial charge in [0.1, 0.15) is 5.75 Å². The molecule has 0 saturated carbocycles. The summed E-state index contributed by atoms with van der Waals surface area (Å²) in [5, 5.41) is 2.79. The first-order valence-corrected chi connectivity index (χ1v) is 8.37. The fourth-order valence-electron chi connectivity index (χ4n) is 2.13. The molecule has 0 aliphatic carbocycles. The fourth-order valence-corrected chi connectivity index (χ4v) is 2.13. The first kappa shape index (κ1) is 18.6. The molecule has 25 heavy (non-hydrogen) atoms. The summed E-state index contributed by atoms with van der Waals surface area (Å²) in [4.78, 5) is 12.0. The van der Waals surface area contributed by atoms with E-state index >= 15 is 0 Å². The zero-order valence-electron chi connectivity index (χ0n) is 15.0. The van der Waals surface area contributed by atoms with Crippen LogP contribution in [0.1, 0.15) is 20.3 Å². The summed E-state index contributed by atoms with van der Waals surface area (Å²) in [5.41, 5.74) is 0.699. The molecule has 0 heterocycles. The number of rotatable bonds is 9. The second kappa shape index (κ2) is 9.57. The summed E-state index contributed by atoms with van der Waals surface area (Å²) in [6, 6.07) is 14.5. The lowest BCUT2D eigenvalue weighted by atomic mass is 10.1. The average molecular weight is 343 g/mol. The second-order valence-corrected chi connectivity index (χ2v) is 6.04. The van der Waals surface area contributed by atoms with Crippen LogP contribution in [0.5, 0.6) is 17.2 Å². The van der Waals surface area contributed by atoms with Gasteiger partial charge < -0.3 is 19.5 Å². The van der Waals surface area contributed by atoms with Crippen LogP contribution in [0.2, 0.25) is 0 Å². The van der Waals surface area contributed by atoms with E-state index in [1.807, 2.05) is 36.4 Å². The van der Waals surface area contributed by atoms with Crippen molar-refractivity contribution < 1.29 is 19.0 Å². The molecular formula is C20H25NO4. The molecule has 0 saturated heterocycles. The highest BCUT2D eigenvalue weighted by Crippen LogP contribution is 2.25. The number of para-hydroxylation sites is 2. The number of hydrogen-bond donors (Lipinski definition) is 1. The van der Waals surface area contributed by atoms with E-state index in [0.29, 0.717) is 29.7 Å². The quantitative estimate of drug-likeness (QED) is 0.743. The van der Waals surface area contributed by atoms with Gasteiger partial charge in [0.2, 0.25) is 0 Å². The Morgan fingerprint density at radius 1 is 1.00 bits per heavy atom. The first-order valence-electron chi connectivity index (χ1n) is 8.37. The molecule has 0 bridgehead atoms. The van der Waals surface area contributed by atoms with E-state index in [1.54, 1.807) is 19.2 Å². The molecule has 1 N–H and O–H groups in total. The molecule has 2 aromatic rings. The number of methoxy groups -OCH3 is 1. The van der Waals surface area contributed by atoms with Crippen LogP contribution in [0, 0.1) is 5.92 Å². The van der Waals surface area contributed by atoms with Gasteiger partial charge in [-0.15, -0.1) is 0 Å². The molecule has 5 heteroatoms. The molecule has 0 aromatic heterocycles. The van der Waals surface area contributed by atoms with Crippen LogP contribution in [0.25, 0.3) is 0 Å². The minimum atomic E-state index is -0.237. The standard InChI is InChI=1S/C20H25NO4/c1-15(2)12-13-24-17-10-8-16(9-11-17)21-20(22)14-25-19-7-5-4-6-18(19)23-3/h4-11,15H,12-14H2,1-3H3,(H,21,22). The van der Waals surface area contributed by atoms with Crippen molar-refractivity contribution in [1.29, 1.82) is 0 Å².